The molecule has 0 aliphatic rings. The Balaban J connectivity index is 2.10. The number of nitrogens with zero attached hydrogens (tertiary/aromatic N) is 3. The molecule has 2 heterocycles. The first kappa shape index (κ1) is 11.5. The van der Waals surface area contributed by atoms with Crippen molar-refractivity contribution in [3.8, 4) is 0 Å². The summed E-state index contributed by atoms with van der Waals surface area (Å²) in [5, 5.41) is 2.02. The van der Waals surface area contributed by atoms with Gasteiger partial charge in [0.1, 0.15) is 0 Å². The SMILES string of the molecule is CC(C(N)=S)N(C)Cc1cn2ccsc2n1. The fourth-order valence-corrected chi connectivity index (χ4v) is 2.36. The van der Waals surface area contributed by atoms with Crippen LogP contribution in [-0.2, 0) is 6.54 Å². The fourth-order valence-electron chi connectivity index (χ4n) is 1.46. The van der Waals surface area contributed by atoms with Crippen LogP contribution >= 0.6 is 23.6 Å². The van der Waals surface area contributed by atoms with Crippen LogP contribution < -0.4 is 5.73 Å². The third-order valence-electron chi connectivity index (χ3n) is 2.63. The van der Waals surface area contributed by atoms with E-state index in [9.17, 15) is 0 Å². The first-order valence-electron chi connectivity index (χ1n) is 4.98. The minimum Gasteiger partial charge on any atom is -0.392 e. The number of thiazole rings is 1. The molecule has 0 spiro atoms. The molecule has 16 heavy (non-hydrogen) atoms. The second-order valence-electron chi connectivity index (χ2n) is 3.82. The lowest BCUT2D eigenvalue weighted by molar-refractivity contribution is 0.301. The zero-order chi connectivity index (χ0) is 11.7. The molecule has 0 bridgehead atoms. The molecule has 0 amide bonds. The molecule has 0 saturated carbocycles. The van der Waals surface area contributed by atoms with Crippen molar-refractivity contribution >= 4 is 33.5 Å². The van der Waals surface area contributed by atoms with Gasteiger partial charge in [0.2, 0.25) is 0 Å². The Morgan fingerprint density at radius 3 is 3.12 bits per heavy atom. The topological polar surface area (TPSA) is 46.6 Å². The minimum atomic E-state index is 0.0923. The Bertz CT molecular complexity index is 473. The summed E-state index contributed by atoms with van der Waals surface area (Å²) in [5.41, 5.74) is 6.65. The zero-order valence-corrected chi connectivity index (χ0v) is 10.9. The van der Waals surface area contributed by atoms with Crippen molar-refractivity contribution in [3.05, 3.63) is 23.5 Å². The maximum absolute atomic E-state index is 5.61. The lowest BCUT2D eigenvalue weighted by Gasteiger charge is -2.22. The molecular weight excluding hydrogens is 240 g/mol. The second-order valence-corrected chi connectivity index (χ2v) is 5.16. The molecule has 2 N–H and O–H groups in total. The van der Waals surface area contributed by atoms with Gasteiger partial charge in [0.25, 0.3) is 0 Å². The largest absolute Gasteiger partial charge is 0.392 e. The van der Waals surface area contributed by atoms with Gasteiger partial charge in [-0.25, -0.2) is 4.98 Å². The Morgan fingerprint density at radius 2 is 2.50 bits per heavy atom. The molecule has 2 aromatic rings. The number of thiocarbonyl (C=S) groups is 1. The van der Waals surface area contributed by atoms with Gasteiger partial charge in [0.05, 0.1) is 16.7 Å². The highest BCUT2D eigenvalue weighted by Crippen LogP contribution is 2.13. The maximum Gasteiger partial charge on any atom is 0.193 e. The normalized spacial score (nSPS) is 13.4. The van der Waals surface area contributed by atoms with E-state index in [0.29, 0.717) is 4.99 Å². The Labute approximate surface area is 104 Å². The van der Waals surface area contributed by atoms with Crippen molar-refractivity contribution < 1.29 is 0 Å². The number of aromatic nitrogens is 2. The number of hydrogen-bond donors (Lipinski definition) is 1. The lowest BCUT2D eigenvalue weighted by atomic mass is 10.3. The van der Waals surface area contributed by atoms with Gasteiger partial charge < -0.3 is 5.73 Å². The Morgan fingerprint density at radius 1 is 1.75 bits per heavy atom. The van der Waals surface area contributed by atoms with Crippen LogP contribution in [0.2, 0.25) is 0 Å². The van der Waals surface area contributed by atoms with Crippen LogP contribution in [0.4, 0.5) is 0 Å². The van der Waals surface area contributed by atoms with Crippen molar-refractivity contribution in [1.82, 2.24) is 14.3 Å². The molecule has 6 heteroatoms. The van der Waals surface area contributed by atoms with Crippen LogP contribution in [-0.4, -0.2) is 32.4 Å². The summed E-state index contributed by atoms with van der Waals surface area (Å²) < 4.78 is 2.03. The molecule has 2 aromatic heterocycles. The molecule has 0 aromatic carbocycles. The third-order valence-corrected chi connectivity index (χ3v) is 3.74. The molecule has 0 aliphatic heterocycles. The summed E-state index contributed by atoms with van der Waals surface area (Å²) in [6, 6.07) is 0.0923. The fraction of sp³-hybridized carbons (Fsp3) is 0.400. The van der Waals surface area contributed by atoms with E-state index >= 15 is 0 Å². The van der Waals surface area contributed by atoms with Gasteiger partial charge in [0.15, 0.2) is 4.96 Å². The number of hydrogen-bond acceptors (Lipinski definition) is 4. The van der Waals surface area contributed by atoms with Crippen molar-refractivity contribution in [3.63, 3.8) is 0 Å². The smallest absolute Gasteiger partial charge is 0.193 e. The van der Waals surface area contributed by atoms with E-state index in [1.165, 1.54) is 0 Å². The monoisotopic (exact) mass is 254 g/mol. The number of rotatable bonds is 4. The number of fused-ring (bicyclic) bond motifs is 1. The van der Waals surface area contributed by atoms with E-state index in [4.69, 9.17) is 18.0 Å². The first-order chi connectivity index (χ1) is 7.58. The van der Waals surface area contributed by atoms with Crippen molar-refractivity contribution in [2.45, 2.75) is 19.5 Å². The van der Waals surface area contributed by atoms with Gasteiger partial charge in [-0.3, -0.25) is 9.30 Å². The molecule has 2 rings (SSSR count). The average molecular weight is 254 g/mol. The highest BCUT2D eigenvalue weighted by atomic mass is 32.1. The summed E-state index contributed by atoms with van der Waals surface area (Å²) in [6.07, 6.45) is 4.04. The van der Waals surface area contributed by atoms with Crippen LogP contribution in [0.15, 0.2) is 17.8 Å². The Hall–Kier alpha value is -0.980. The molecule has 0 radical (unpaired) electrons. The third kappa shape index (κ3) is 2.23. The summed E-state index contributed by atoms with van der Waals surface area (Å²) in [7, 11) is 2.00. The second kappa shape index (κ2) is 4.48. The number of imidazole rings is 1. The Kier molecular flexibility index (Phi) is 3.22. The van der Waals surface area contributed by atoms with Crippen molar-refractivity contribution in [2.24, 2.45) is 5.73 Å². The lowest BCUT2D eigenvalue weighted by Crippen LogP contribution is -2.38. The molecule has 1 unspecified atom stereocenters. The predicted molar refractivity (Wildman–Crippen MR) is 70.8 cm³/mol. The van der Waals surface area contributed by atoms with Crippen molar-refractivity contribution in [2.75, 3.05) is 7.05 Å². The number of likely N-dealkylation sites (N-methyl/N-ethyl adjacent to an activating group) is 1. The zero-order valence-electron chi connectivity index (χ0n) is 9.25. The van der Waals surface area contributed by atoms with Crippen LogP contribution in [0, 0.1) is 0 Å². The molecule has 86 valence electrons. The molecule has 0 aliphatic carbocycles. The minimum absolute atomic E-state index is 0.0923. The highest BCUT2D eigenvalue weighted by Gasteiger charge is 2.13. The van der Waals surface area contributed by atoms with E-state index in [2.05, 4.69) is 9.88 Å². The van der Waals surface area contributed by atoms with Gasteiger partial charge in [-0.1, -0.05) is 12.2 Å². The average Bonchev–Trinajstić information content (AvgIpc) is 2.76. The van der Waals surface area contributed by atoms with Gasteiger partial charge in [-0.05, 0) is 14.0 Å². The predicted octanol–water partition coefficient (Wildman–Crippen LogP) is 1.50. The van der Waals surface area contributed by atoms with Crippen LogP contribution in [0.3, 0.4) is 0 Å². The quantitative estimate of drug-likeness (QED) is 0.840. The van der Waals surface area contributed by atoms with E-state index in [0.717, 1.165) is 17.2 Å². The van der Waals surface area contributed by atoms with E-state index in [1.54, 1.807) is 11.3 Å². The van der Waals surface area contributed by atoms with Gasteiger partial charge in [0, 0.05) is 24.3 Å². The highest BCUT2D eigenvalue weighted by molar-refractivity contribution is 7.80. The molecule has 1 atom stereocenters. The summed E-state index contributed by atoms with van der Waals surface area (Å²) in [5.74, 6) is 0. The summed E-state index contributed by atoms with van der Waals surface area (Å²) in [4.78, 5) is 8.14. The van der Waals surface area contributed by atoms with E-state index in [-0.39, 0.29) is 6.04 Å². The summed E-state index contributed by atoms with van der Waals surface area (Å²) in [6.45, 7) is 2.76. The molecule has 4 nitrogen and oxygen atoms in total. The van der Waals surface area contributed by atoms with E-state index in [1.807, 2.05) is 36.1 Å². The van der Waals surface area contributed by atoms with Gasteiger partial charge in [-0.15, -0.1) is 11.3 Å². The van der Waals surface area contributed by atoms with Crippen LogP contribution in [0.1, 0.15) is 12.6 Å². The van der Waals surface area contributed by atoms with Crippen LogP contribution in [0.5, 0.6) is 0 Å². The standard InChI is InChI=1S/C10H14N4S2/c1-7(9(11)15)13(2)5-8-6-14-3-4-16-10(14)12-8/h3-4,6-7H,5H2,1-2H3,(H2,11,15). The van der Waals surface area contributed by atoms with Gasteiger partial charge in [-0.2, -0.15) is 0 Å². The maximum atomic E-state index is 5.61. The van der Waals surface area contributed by atoms with Crippen LogP contribution in [0.25, 0.3) is 4.96 Å². The molecule has 0 saturated heterocycles. The summed E-state index contributed by atoms with van der Waals surface area (Å²) >= 11 is 6.60. The first-order valence-corrected chi connectivity index (χ1v) is 6.27. The van der Waals surface area contributed by atoms with Gasteiger partial charge >= 0.3 is 0 Å². The molecule has 0 fully saturated rings. The molecular formula is C10H14N4S2. The number of nitrogens with two attached hydrogens (primary N) is 1. The van der Waals surface area contributed by atoms with E-state index < -0.39 is 0 Å². The van der Waals surface area contributed by atoms with Crippen molar-refractivity contribution in [1.29, 1.82) is 0 Å².